The summed E-state index contributed by atoms with van der Waals surface area (Å²) in [4.78, 5) is 14.4. The van der Waals surface area contributed by atoms with Gasteiger partial charge in [0.25, 0.3) is 0 Å². The molecule has 0 heterocycles. The molecule has 0 bridgehead atoms. The Balaban J connectivity index is 1.72. The molecular weight excluding hydrogens is 302 g/mol. The van der Waals surface area contributed by atoms with Crippen molar-refractivity contribution in [2.45, 2.75) is 25.2 Å². The van der Waals surface area contributed by atoms with E-state index in [1.807, 2.05) is 11.9 Å². The Morgan fingerprint density at radius 2 is 2.21 bits per heavy atom. The van der Waals surface area contributed by atoms with E-state index in [0.29, 0.717) is 17.7 Å². The van der Waals surface area contributed by atoms with Gasteiger partial charge >= 0.3 is 0 Å². The third-order valence-electron chi connectivity index (χ3n) is 4.62. The molecule has 2 aliphatic carbocycles. The van der Waals surface area contributed by atoms with Gasteiger partial charge < -0.3 is 4.90 Å². The lowest BCUT2D eigenvalue weighted by molar-refractivity contribution is -0.131. The maximum atomic E-state index is 12.5. The average Bonchev–Trinajstić information content (AvgIpc) is 3.18. The lowest BCUT2D eigenvalue weighted by Gasteiger charge is -2.16. The van der Waals surface area contributed by atoms with Crippen LogP contribution in [0, 0.1) is 11.8 Å². The molecule has 0 N–H and O–H groups in total. The molecule has 2 nitrogen and oxygen atoms in total. The fourth-order valence-electron chi connectivity index (χ4n) is 3.56. The summed E-state index contributed by atoms with van der Waals surface area (Å²) >= 11 is 3.42. The Labute approximate surface area is 123 Å². The number of carbonyl (C=O) groups excluding carboxylic acids is 1. The highest BCUT2D eigenvalue weighted by molar-refractivity contribution is 9.09. The second-order valence-corrected chi connectivity index (χ2v) is 6.55. The molecule has 3 unspecified atom stereocenters. The van der Waals surface area contributed by atoms with Crippen molar-refractivity contribution in [3.63, 3.8) is 0 Å². The highest BCUT2D eigenvalue weighted by Gasteiger charge is 2.57. The van der Waals surface area contributed by atoms with Gasteiger partial charge in [0.05, 0.1) is 0 Å². The minimum absolute atomic E-state index is 0.254. The van der Waals surface area contributed by atoms with E-state index < -0.39 is 0 Å². The molecule has 0 aliphatic heterocycles. The summed E-state index contributed by atoms with van der Waals surface area (Å²) in [5.74, 6) is 1.72. The van der Waals surface area contributed by atoms with Crippen LogP contribution in [0.4, 0.5) is 0 Å². The summed E-state index contributed by atoms with van der Waals surface area (Å²) in [7, 11) is 1.95. The number of aryl methyl sites for hydroxylation is 1. The fourth-order valence-corrected chi connectivity index (χ4v) is 3.82. The summed E-state index contributed by atoms with van der Waals surface area (Å²) in [6, 6.07) is 8.66. The summed E-state index contributed by atoms with van der Waals surface area (Å²) in [5, 5.41) is 0.963. The molecule has 1 amide bonds. The molecule has 1 aromatic carbocycles. The number of hydrogen-bond donors (Lipinski definition) is 0. The smallest absolute Gasteiger partial charge is 0.226 e. The van der Waals surface area contributed by atoms with Gasteiger partial charge in [-0.2, -0.15) is 0 Å². The number of fused-ring (bicyclic) bond motifs is 3. The van der Waals surface area contributed by atoms with Crippen LogP contribution in [0.25, 0.3) is 0 Å². The number of hydrogen-bond acceptors (Lipinski definition) is 1. The second kappa shape index (κ2) is 5.28. The lowest BCUT2D eigenvalue weighted by Crippen LogP contribution is -2.30. The topological polar surface area (TPSA) is 20.3 Å². The summed E-state index contributed by atoms with van der Waals surface area (Å²) in [6.45, 7) is 0.863. The van der Waals surface area contributed by atoms with Gasteiger partial charge in [-0.25, -0.2) is 0 Å². The van der Waals surface area contributed by atoms with Crippen molar-refractivity contribution in [2.75, 3.05) is 18.9 Å². The normalized spacial score (nSPS) is 27.4. The number of rotatable bonds is 4. The third kappa shape index (κ3) is 2.33. The van der Waals surface area contributed by atoms with Gasteiger partial charge in [-0.15, -0.1) is 0 Å². The Morgan fingerprint density at radius 1 is 1.42 bits per heavy atom. The minimum atomic E-state index is 0.254. The van der Waals surface area contributed by atoms with Gasteiger partial charge in [-0.05, 0) is 42.2 Å². The molecule has 1 aromatic rings. The van der Waals surface area contributed by atoms with Crippen molar-refractivity contribution < 1.29 is 4.79 Å². The average molecular weight is 322 g/mol. The van der Waals surface area contributed by atoms with Crippen LogP contribution in [0.1, 0.15) is 29.9 Å². The monoisotopic (exact) mass is 321 g/mol. The molecule has 1 saturated carbocycles. The molecule has 2 aliphatic rings. The van der Waals surface area contributed by atoms with Crippen molar-refractivity contribution in [1.29, 1.82) is 0 Å². The third-order valence-corrected chi connectivity index (χ3v) is 5.18. The zero-order valence-electron chi connectivity index (χ0n) is 11.3. The molecule has 3 heteroatoms. The SMILES string of the molecule is CN(CCCBr)C(=O)C1C2CCc3ccccc3C21. The highest BCUT2D eigenvalue weighted by atomic mass is 79.9. The lowest BCUT2D eigenvalue weighted by atomic mass is 9.92. The van der Waals surface area contributed by atoms with Crippen LogP contribution in [-0.2, 0) is 11.2 Å². The fraction of sp³-hybridized carbons (Fsp3) is 0.562. The van der Waals surface area contributed by atoms with Crippen molar-refractivity contribution in [1.82, 2.24) is 4.90 Å². The molecule has 3 atom stereocenters. The first kappa shape index (κ1) is 13.2. The molecule has 0 aromatic heterocycles. The van der Waals surface area contributed by atoms with Gasteiger partial charge in [-0.3, -0.25) is 4.79 Å². The quantitative estimate of drug-likeness (QED) is 0.780. The van der Waals surface area contributed by atoms with Crippen LogP contribution in [0.15, 0.2) is 24.3 Å². The van der Waals surface area contributed by atoms with Gasteiger partial charge in [0, 0.05) is 24.8 Å². The molecule has 102 valence electrons. The van der Waals surface area contributed by atoms with E-state index in [2.05, 4.69) is 40.2 Å². The molecule has 19 heavy (non-hydrogen) atoms. The number of halogens is 1. The summed E-state index contributed by atoms with van der Waals surface area (Å²) in [6.07, 6.45) is 3.36. The molecule has 0 radical (unpaired) electrons. The largest absolute Gasteiger partial charge is 0.345 e. The first-order valence-corrected chi connectivity index (χ1v) is 8.25. The molecule has 1 fully saturated rings. The Kier molecular flexibility index (Phi) is 3.66. The van der Waals surface area contributed by atoms with E-state index in [1.165, 1.54) is 17.5 Å². The van der Waals surface area contributed by atoms with Crippen LogP contribution in [0.3, 0.4) is 0 Å². The molecule has 3 rings (SSSR count). The second-order valence-electron chi connectivity index (χ2n) is 5.76. The zero-order valence-corrected chi connectivity index (χ0v) is 12.9. The van der Waals surface area contributed by atoms with Crippen molar-refractivity contribution in [3.05, 3.63) is 35.4 Å². The first-order chi connectivity index (χ1) is 9.24. The van der Waals surface area contributed by atoms with Crippen LogP contribution in [0.5, 0.6) is 0 Å². The van der Waals surface area contributed by atoms with Gasteiger partial charge in [0.2, 0.25) is 5.91 Å². The van der Waals surface area contributed by atoms with Crippen molar-refractivity contribution in [2.24, 2.45) is 11.8 Å². The number of benzene rings is 1. The summed E-state index contributed by atoms with van der Waals surface area (Å²) < 4.78 is 0. The number of alkyl halides is 1. The van der Waals surface area contributed by atoms with Crippen molar-refractivity contribution in [3.8, 4) is 0 Å². The minimum Gasteiger partial charge on any atom is -0.345 e. The maximum absolute atomic E-state index is 12.5. The van der Waals surface area contributed by atoms with E-state index in [1.54, 1.807) is 0 Å². The Morgan fingerprint density at radius 3 is 3.00 bits per heavy atom. The number of carbonyl (C=O) groups is 1. The molecular formula is C16H20BrNO. The predicted octanol–water partition coefficient (Wildman–Crippen LogP) is 3.21. The first-order valence-electron chi connectivity index (χ1n) is 7.12. The molecule has 0 saturated heterocycles. The van der Waals surface area contributed by atoms with E-state index in [0.717, 1.165) is 24.7 Å². The van der Waals surface area contributed by atoms with Gasteiger partial charge in [0.15, 0.2) is 0 Å². The molecule has 0 spiro atoms. The number of amides is 1. The highest BCUT2D eigenvalue weighted by Crippen LogP contribution is 2.60. The van der Waals surface area contributed by atoms with Crippen molar-refractivity contribution >= 4 is 21.8 Å². The van der Waals surface area contributed by atoms with Crippen LogP contribution in [0.2, 0.25) is 0 Å². The zero-order chi connectivity index (χ0) is 13.4. The van der Waals surface area contributed by atoms with E-state index >= 15 is 0 Å². The Bertz CT molecular complexity index is 487. The standard InChI is InChI=1S/C16H20BrNO/c1-18(10-4-9-17)16(19)15-13-8-7-11-5-2-3-6-12(11)14(13)15/h2-3,5-6,13-15H,4,7-10H2,1H3. The van der Waals surface area contributed by atoms with E-state index in [9.17, 15) is 4.79 Å². The maximum Gasteiger partial charge on any atom is 0.226 e. The van der Waals surface area contributed by atoms with E-state index in [4.69, 9.17) is 0 Å². The van der Waals surface area contributed by atoms with Crippen LogP contribution in [-0.4, -0.2) is 29.7 Å². The van der Waals surface area contributed by atoms with Crippen LogP contribution < -0.4 is 0 Å². The number of nitrogens with zero attached hydrogens (tertiary/aromatic N) is 1. The summed E-state index contributed by atoms with van der Waals surface area (Å²) in [5.41, 5.74) is 2.90. The Hall–Kier alpha value is -0.830. The van der Waals surface area contributed by atoms with E-state index in [-0.39, 0.29) is 5.92 Å². The van der Waals surface area contributed by atoms with Gasteiger partial charge in [-0.1, -0.05) is 40.2 Å². The van der Waals surface area contributed by atoms with Crippen LogP contribution >= 0.6 is 15.9 Å². The predicted molar refractivity (Wildman–Crippen MR) is 80.5 cm³/mol. The van der Waals surface area contributed by atoms with Gasteiger partial charge in [0.1, 0.15) is 0 Å².